The second-order valence-corrected chi connectivity index (χ2v) is 13.9. The summed E-state index contributed by atoms with van der Waals surface area (Å²) in [4.78, 5) is 33.5. The first-order valence-corrected chi connectivity index (χ1v) is 20.7. The molecule has 0 aromatic heterocycles. The van der Waals surface area contributed by atoms with Gasteiger partial charge in [0.05, 0.1) is 32.0 Å². The normalized spacial score (nSPS) is 13.8. The molecule has 0 aliphatic rings. The number of ether oxygens (including phenoxy) is 2. The summed E-state index contributed by atoms with van der Waals surface area (Å²) < 4.78 is 10.2. The van der Waals surface area contributed by atoms with Crippen LogP contribution < -0.4 is 0 Å². The van der Waals surface area contributed by atoms with Gasteiger partial charge in [0.1, 0.15) is 24.4 Å². The van der Waals surface area contributed by atoms with Crippen molar-refractivity contribution >= 4 is 18.2 Å². The minimum atomic E-state index is -1.79. The highest BCUT2D eigenvalue weighted by atomic mass is 16.5. The summed E-state index contributed by atoms with van der Waals surface area (Å²) in [6.45, 7) is 3.77. The standard InChI is InChI=1S/C36H66O4.C6H12O6/c1-3-5-7-9-11-13-15-17-19-21-23-25-27-29-33-39-35(37)31-32-36(38)40-34-30-28-26-24-22-20-18-16-14-12-10-8-6-4-2;7-1-3(9)5(11)6(12)4(10)2-8/h29-30,33-34H,3-28,31-32H2,1-2H3;1,3-6,8-12H,2H2/b33-29+,34-30+;/t;3-,4+,5+,6+/m.0/s1. The van der Waals surface area contributed by atoms with E-state index in [9.17, 15) is 14.4 Å². The summed E-state index contributed by atoms with van der Waals surface area (Å²) >= 11 is 0. The van der Waals surface area contributed by atoms with E-state index < -0.39 is 31.0 Å². The van der Waals surface area contributed by atoms with Gasteiger partial charge in [-0.3, -0.25) is 9.59 Å². The highest BCUT2D eigenvalue weighted by Gasteiger charge is 2.29. The van der Waals surface area contributed by atoms with Crippen LogP contribution >= 0.6 is 0 Å². The number of hydrogen-bond acceptors (Lipinski definition) is 10. The molecule has 306 valence electrons. The average Bonchev–Trinajstić information content (AvgIpc) is 3.15. The third-order valence-corrected chi connectivity index (χ3v) is 8.99. The van der Waals surface area contributed by atoms with Crippen LogP contribution in [0.5, 0.6) is 0 Å². The van der Waals surface area contributed by atoms with Crippen molar-refractivity contribution in [3.8, 4) is 0 Å². The molecule has 0 heterocycles. The minimum absolute atomic E-state index is 0.0258. The summed E-state index contributed by atoms with van der Waals surface area (Å²) in [5.41, 5.74) is 0. The molecular formula is C42H78O10. The molecular weight excluding hydrogens is 664 g/mol. The lowest BCUT2D eigenvalue weighted by molar-refractivity contribution is -0.144. The molecule has 0 radical (unpaired) electrons. The summed E-state index contributed by atoms with van der Waals surface area (Å²) in [7, 11) is 0. The molecule has 0 saturated carbocycles. The van der Waals surface area contributed by atoms with Gasteiger partial charge in [-0.05, 0) is 37.8 Å². The van der Waals surface area contributed by atoms with Crippen LogP contribution in [0.15, 0.2) is 24.7 Å². The zero-order valence-electron chi connectivity index (χ0n) is 33.0. The van der Waals surface area contributed by atoms with Gasteiger partial charge in [0.15, 0.2) is 6.29 Å². The maximum Gasteiger partial charge on any atom is 0.311 e. The van der Waals surface area contributed by atoms with Gasteiger partial charge >= 0.3 is 11.9 Å². The Morgan fingerprint density at radius 2 is 0.808 bits per heavy atom. The second kappa shape index (κ2) is 41.6. The van der Waals surface area contributed by atoms with Crippen molar-refractivity contribution in [3.05, 3.63) is 24.7 Å². The summed E-state index contributed by atoms with van der Waals surface area (Å²) in [6, 6.07) is 0. The van der Waals surface area contributed by atoms with Crippen LogP contribution in [0.1, 0.15) is 194 Å². The molecule has 0 spiro atoms. The molecule has 0 aliphatic carbocycles. The van der Waals surface area contributed by atoms with Crippen molar-refractivity contribution < 1.29 is 49.4 Å². The minimum Gasteiger partial charge on any atom is -0.435 e. The van der Waals surface area contributed by atoms with Gasteiger partial charge in [-0.25, -0.2) is 0 Å². The number of rotatable bonds is 36. The maximum atomic E-state index is 11.8. The van der Waals surface area contributed by atoms with Gasteiger partial charge in [0.2, 0.25) is 0 Å². The van der Waals surface area contributed by atoms with E-state index in [1.54, 1.807) is 0 Å². The van der Waals surface area contributed by atoms with Crippen molar-refractivity contribution in [2.24, 2.45) is 0 Å². The summed E-state index contributed by atoms with van der Waals surface area (Å²) in [5, 5.41) is 43.5. The molecule has 0 bridgehead atoms. The molecule has 52 heavy (non-hydrogen) atoms. The molecule has 4 atom stereocenters. The Kier molecular flexibility index (Phi) is 41.6. The van der Waals surface area contributed by atoms with Crippen LogP contribution in [-0.2, 0) is 23.9 Å². The van der Waals surface area contributed by atoms with Crippen molar-refractivity contribution in [2.75, 3.05) is 6.61 Å². The monoisotopic (exact) mass is 743 g/mol. The Bertz CT molecular complexity index is 795. The number of esters is 2. The Morgan fingerprint density at radius 3 is 1.10 bits per heavy atom. The van der Waals surface area contributed by atoms with Crippen LogP contribution in [0.2, 0.25) is 0 Å². The fraction of sp³-hybridized carbons (Fsp3) is 0.833. The molecule has 5 N–H and O–H groups in total. The van der Waals surface area contributed by atoms with Crippen LogP contribution in [0.4, 0.5) is 0 Å². The van der Waals surface area contributed by atoms with Crippen molar-refractivity contribution in [3.63, 3.8) is 0 Å². The molecule has 0 saturated heterocycles. The van der Waals surface area contributed by atoms with Crippen LogP contribution in [0, 0.1) is 0 Å². The zero-order chi connectivity index (χ0) is 38.9. The van der Waals surface area contributed by atoms with Crippen molar-refractivity contribution in [1.29, 1.82) is 0 Å². The lowest BCUT2D eigenvalue weighted by atomic mass is 10.0. The number of unbranched alkanes of at least 4 members (excludes halogenated alkanes) is 24. The SMILES string of the molecule is CCCCCCCCCCCCCC/C=C/OC(=O)CCC(=O)O/C=C/CCCCCCCCCCCCCC.O=C[C@H](O)[C@@H](O)[C@H](O)[C@H](O)CO. The van der Waals surface area contributed by atoms with E-state index in [-0.39, 0.29) is 31.1 Å². The van der Waals surface area contributed by atoms with Gasteiger partial charge in [-0.15, -0.1) is 0 Å². The molecule has 0 aromatic rings. The van der Waals surface area contributed by atoms with E-state index in [4.69, 9.17) is 35.0 Å². The molecule has 0 aromatic carbocycles. The number of hydrogen-bond donors (Lipinski definition) is 5. The van der Waals surface area contributed by atoms with Crippen molar-refractivity contribution in [2.45, 2.75) is 218 Å². The number of aldehydes is 1. The van der Waals surface area contributed by atoms with E-state index in [0.29, 0.717) is 0 Å². The predicted octanol–water partition coefficient (Wildman–Crippen LogP) is 8.68. The van der Waals surface area contributed by atoms with Gasteiger partial charge < -0.3 is 39.8 Å². The highest BCUT2D eigenvalue weighted by molar-refractivity contribution is 5.78. The fourth-order valence-electron chi connectivity index (χ4n) is 5.53. The first-order chi connectivity index (χ1) is 25.2. The largest absolute Gasteiger partial charge is 0.435 e. The van der Waals surface area contributed by atoms with Crippen LogP contribution in [0.3, 0.4) is 0 Å². The third-order valence-electron chi connectivity index (χ3n) is 8.99. The van der Waals surface area contributed by atoms with E-state index in [2.05, 4.69) is 13.8 Å². The van der Waals surface area contributed by atoms with Crippen LogP contribution in [-0.4, -0.2) is 74.8 Å². The fourth-order valence-corrected chi connectivity index (χ4v) is 5.53. The quantitative estimate of drug-likeness (QED) is 0.0181. The Labute approximate surface area is 316 Å². The zero-order valence-corrected chi connectivity index (χ0v) is 33.0. The predicted molar refractivity (Wildman–Crippen MR) is 208 cm³/mol. The van der Waals surface area contributed by atoms with Crippen molar-refractivity contribution in [1.82, 2.24) is 0 Å². The van der Waals surface area contributed by atoms with Gasteiger partial charge in [0.25, 0.3) is 0 Å². The first-order valence-electron chi connectivity index (χ1n) is 20.7. The lowest BCUT2D eigenvalue weighted by Gasteiger charge is -2.22. The number of carbonyl (C=O) groups is 3. The molecule has 0 fully saturated rings. The molecule has 0 aliphatic heterocycles. The smallest absolute Gasteiger partial charge is 0.311 e. The molecule has 10 heteroatoms. The molecule has 0 unspecified atom stereocenters. The van der Waals surface area contributed by atoms with E-state index in [0.717, 1.165) is 25.7 Å². The number of aliphatic hydroxyl groups excluding tert-OH is 5. The van der Waals surface area contributed by atoms with E-state index >= 15 is 0 Å². The maximum absolute atomic E-state index is 11.8. The Morgan fingerprint density at radius 1 is 0.500 bits per heavy atom. The topological polar surface area (TPSA) is 171 Å². The number of carbonyl (C=O) groups excluding carboxylic acids is 3. The second-order valence-electron chi connectivity index (χ2n) is 13.9. The van der Waals surface area contributed by atoms with E-state index in [1.807, 2.05) is 12.2 Å². The number of aliphatic hydroxyl groups is 5. The Hall–Kier alpha value is -2.11. The third kappa shape index (κ3) is 37.6. The summed E-state index contributed by atoms with van der Waals surface area (Å²) in [5.74, 6) is -0.772. The number of allylic oxidation sites excluding steroid dienone is 2. The average molecular weight is 743 g/mol. The Balaban J connectivity index is 0. The molecule has 0 amide bonds. The van der Waals surface area contributed by atoms with Crippen LogP contribution in [0.25, 0.3) is 0 Å². The molecule has 0 rings (SSSR count). The van der Waals surface area contributed by atoms with Gasteiger partial charge in [-0.1, -0.05) is 155 Å². The molecule has 10 nitrogen and oxygen atoms in total. The summed E-state index contributed by atoms with van der Waals surface area (Å²) in [6.07, 6.45) is 34.0. The first kappa shape index (κ1) is 52.0. The highest BCUT2D eigenvalue weighted by Crippen LogP contribution is 2.14. The van der Waals surface area contributed by atoms with Gasteiger partial charge in [-0.2, -0.15) is 0 Å². The van der Waals surface area contributed by atoms with E-state index in [1.165, 1.54) is 154 Å². The lowest BCUT2D eigenvalue weighted by Crippen LogP contribution is -2.46. The van der Waals surface area contributed by atoms with Gasteiger partial charge in [0, 0.05) is 0 Å².